The second kappa shape index (κ2) is 8.32. The highest BCUT2D eigenvalue weighted by molar-refractivity contribution is 9.13. The minimum absolute atomic E-state index is 0.0585. The van der Waals surface area contributed by atoms with Crippen molar-refractivity contribution in [2.75, 3.05) is 32.7 Å². The van der Waals surface area contributed by atoms with E-state index in [-0.39, 0.29) is 6.04 Å². The van der Waals surface area contributed by atoms with Crippen LogP contribution >= 0.6 is 31.9 Å². The Morgan fingerprint density at radius 3 is 2.50 bits per heavy atom. The highest BCUT2D eigenvalue weighted by Crippen LogP contribution is 2.29. The summed E-state index contributed by atoms with van der Waals surface area (Å²) in [7, 11) is 0. The molecule has 0 aliphatic rings. The van der Waals surface area contributed by atoms with Gasteiger partial charge in [-0.15, -0.1) is 0 Å². The molecule has 0 spiro atoms. The van der Waals surface area contributed by atoms with Gasteiger partial charge in [-0.2, -0.15) is 0 Å². The second-order valence-electron chi connectivity index (χ2n) is 4.04. The smallest absolute Gasteiger partial charge is 0.183 e. The van der Waals surface area contributed by atoms with Crippen molar-refractivity contribution in [3.63, 3.8) is 0 Å². The monoisotopic (exact) mass is 381 g/mol. The van der Waals surface area contributed by atoms with Crippen LogP contribution in [0.3, 0.4) is 0 Å². The third-order valence-corrected chi connectivity index (χ3v) is 4.67. The van der Waals surface area contributed by atoms with E-state index in [1.54, 1.807) is 0 Å². The summed E-state index contributed by atoms with van der Waals surface area (Å²) in [6.45, 7) is 8.93. The fraction of sp³-hybridized carbons (Fsp3) is 0.667. The van der Waals surface area contributed by atoms with Crippen LogP contribution in [-0.4, -0.2) is 37.6 Å². The number of likely N-dealkylation sites (N-methyl/N-ethyl adjacent to an activating group) is 1. The largest absolute Gasteiger partial charge is 0.451 e. The minimum atomic E-state index is 0.0585. The van der Waals surface area contributed by atoms with Crippen LogP contribution in [0, 0.1) is 0 Å². The first kappa shape index (κ1) is 16.2. The molecule has 1 rings (SSSR count). The summed E-state index contributed by atoms with van der Waals surface area (Å²) in [5.41, 5.74) is 5.78. The average Bonchev–Trinajstić information content (AvgIpc) is 2.70. The van der Waals surface area contributed by atoms with Gasteiger partial charge in [0.25, 0.3) is 0 Å². The Hall–Kier alpha value is 0.120. The van der Waals surface area contributed by atoms with Crippen molar-refractivity contribution >= 4 is 31.9 Å². The maximum absolute atomic E-state index is 5.78. The fourth-order valence-corrected chi connectivity index (χ4v) is 2.38. The lowest BCUT2D eigenvalue weighted by atomic mass is 10.2. The van der Waals surface area contributed by atoms with Crippen molar-refractivity contribution in [2.45, 2.75) is 19.9 Å². The second-order valence-corrected chi connectivity index (χ2v) is 5.61. The van der Waals surface area contributed by atoms with Crippen LogP contribution in [0.5, 0.6) is 0 Å². The van der Waals surface area contributed by atoms with Crippen molar-refractivity contribution in [2.24, 2.45) is 5.73 Å². The Kier molecular flexibility index (Phi) is 7.48. The van der Waals surface area contributed by atoms with Gasteiger partial charge in [0.1, 0.15) is 5.76 Å². The number of rotatable bonds is 8. The van der Waals surface area contributed by atoms with Gasteiger partial charge in [-0.05, 0) is 51.0 Å². The summed E-state index contributed by atoms with van der Waals surface area (Å²) in [5.74, 6) is 0.857. The minimum Gasteiger partial charge on any atom is -0.451 e. The van der Waals surface area contributed by atoms with Gasteiger partial charge in [0, 0.05) is 19.6 Å². The van der Waals surface area contributed by atoms with E-state index in [4.69, 9.17) is 10.2 Å². The average molecular weight is 383 g/mol. The molecular formula is C12H21Br2N3O. The molecule has 4 nitrogen and oxygen atoms in total. The molecule has 0 bridgehead atoms. The van der Waals surface area contributed by atoms with Crippen LogP contribution < -0.4 is 11.1 Å². The van der Waals surface area contributed by atoms with E-state index >= 15 is 0 Å². The van der Waals surface area contributed by atoms with Gasteiger partial charge >= 0.3 is 0 Å². The molecule has 1 heterocycles. The maximum atomic E-state index is 5.78. The van der Waals surface area contributed by atoms with E-state index in [9.17, 15) is 0 Å². The van der Waals surface area contributed by atoms with Crippen LogP contribution in [0.25, 0.3) is 0 Å². The predicted molar refractivity (Wildman–Crippen MR) is 81.7 cm³/mol. The molecule has 0 aromatic carbocycles. The molecule has 104 valence electrons. The quantitative estimate of drug-likeness (QED) is 0.725. The molecule has 1 atom stereocenters. The molecular weight excluding hydrogens is 362 g/mol. The third-order valence-electron chi connectivity index (χ3n) is 2.96. The number of hydrogen-bond donors (Lipinski definition) is 2. The fourth-order valence-electron chi connectivity index (χ4n) is 1.77. The number of halogens is 2. The van der Waals surface area contributed by atoms with E-state index in [2.05, 4.69) is 55.9 Å². The lowest BCUT2D eigenvalue weighted by Crippen LogP contribution is -2.36. The number of nitrogens with zero attached hydrogens (tertiary/aromatic N) is 1. The van der Waals surface area contributed by atoms with E-state index in [0.717, 1.165) is 36.4 Å². The molecule has 0 saturated carbocycles. The molecule has 18 heavy (non-hydrogen) atoms. The molecule has 6 heteroatoms. The first-order chi connectivity index (χ1) is 8.62. The normalized spacial score (nSPS) is 13.2. The third kappa shape index (κ3) is 4.66. The zero-order valence-electron chi connectivity index (χ0n) is 10.9. The highest BCUT2D eigenvalue weighted by atomic mass is 79.9. The lowest BCUT2D eigenvalue weighted by Gasteiger charge is -2.20. The predicted octanol–water partition coefficient (Wildman–Crippen LogP) is 2.74. The van der Waals surface area contributed by atoms with E-state index in [0.29, 0.717) is 11.2 Å². The summed E-state index contributed by atoms with van der Waals surface area (Å²) in [6, 6.07) is 2.01. The Morgan fingerprint density at radius 1 is 1.39 bits per heavy atom. The Balaban J connectivity index is 2.47. The number of nitrogens with two attached hydrogens (primary N) is 1. The van der Waals surface area contributed by atoms with E-state index < -0.39 is 0 Å². The van der Waals surface area contributed by atoms with Gasteiger partial charge in [-0.1, -0.05) is 13.8 Å². The summed E-state index contributed by atoms with van der Waals surface area (Å²) in [5, 5.41) is 3.42. The Labute approximate surface area is 126 Å². The summed E-state index contributed by atoms with van der Waals surface area (Å²) in [4.78, 5) is 2.37. The van der Waals surface area contributed by atoms with Crippen LogP contribution in [0.4, 0.5) is 0 Å². The molecule has 3 N–H and O–H groups in total. The van der Waals surface area contributed by atoms with Crippen molar-refractivity contribution in [3.05, 3.63) is 21.0 Å². The number of nitrogens with one attached hydrogen (secondary N) is 1. The summed E-state index contributed by atoms with van der Waals surface area (Å²) < 4.78 is 7.22. The number of hydrogen-bond acceptors (Lipinski definition) is 4. The van der Waals surface area contributed by atoms with Gasteiger partial charge in [0.2, 0.25) is 0 Å². The van der Waals surface area contributed by atoms with Crippen LogP contribution in [0.2, 0.25) is 0 Å². The highest BCUT2D eigenvalue weighted by Gasteiger charge is 2.15. The zero-order chi connectivity index (χ0) is 13.5. The molecule has 1 unspecified atom stereocenters. The first-order valence-corrected chi connectivity index (χ1v) is 7.81. The SMILES string of the molecule is CCN(CC)CCNC(CN)c1cc(Br)c(Br)o1. The standard InChI is InChI=1S/C12H21Br2N3O/c1-3-17(4-2)6-5-16-10(8-15)11-7-9(13)12(14)18-11/h7,10,16H,3-6,8,15H2,1-2H3. The molecule has 0 amide bonds. The van der Waals surface area contributed by atoms with Crippen molar-refractivity contribution in [1.29, 1.82) is 0 Å². The van der Waals surface area contributed by atoms with Gasteiger partial charge in [-0.3, -0.25) is 0 Å². The van der Waals surface area contributed by atoms with Crippen molar-refractivity contribution in [1.82, 2.24) is 10.2 Å². The summed E-state index contributed by atoms with van der Waals surface area (Å²) >= 11 is 6.75. The zero-order valence-corrected chi connectivity index (χ0v) is 14.1. The maximum Gasteiger partial charge on any atom is 0.183 e. The number of furan rings is 1. The van der Waals surface area contributed by atoms with Crippen LogP contribution in [-0.2, 0) is 0 Å². The van der Waals surface area contributed by atoms with E-state index in [1.165, 1.54) is 0 Å². The Bertz CT molecular complexity index is 334. The first-order valence-electron chi connectivity index (χ1n) is 6.22. The van der Waals surface area contributed by atoms with Crippen LogP contribution in [0.1, 0.15) is 25.6 Å². The molecule has 0 fully saturated rings. The van der Waals surface area contributed by atoms with Gasteiger partial charge in [0.05, 0.1) is 10.5 Å². The molecule has 1 aromatic heterocycles. The van der Waals surface area contributed by atoms with Crippen molar-refractivity contribution < 1.29 is 4.42 Å². The van der Waals surface area contributed by atoms with E-state index in [1.807, 2.05) is 6.07 Å². The molecule has 0 saturated heterocycles. The molecule has 0 radical (unpaired) electrons. The van der Waals surface area contributed by atoms with Gasteiger partial charge in [-0.25, -0.2) is 0 Å². The van der Waals surface area contributed by atoms with Gasteiger partial charge < -0.3 is 20.4 Å². The summed E-state index contributed by atoms with van der Waals surface area (Å²) in [6.07, 6.45) is 0. The Morgan fingerprint density at radius 2 is 2.06 bits per heavy atom. The van der Waals surface area contributed by atoms with Gasteiger partial charge in [0.15, 0.2) is 4.67 Å². The molecule has 0 aliphatic carbocycles. The van der Waals surface area contributed by atoms with Crippen molar-refractivity contribution in [3.8, 4) is 0 Å². The lowest BCUT2D eigenvalue weighted by molar-refractivity contribution is 0.291. The van der Waals surface area contributed by atoms with Crippen LogP contribution in [0.15, 0.2) is 19.6 Å². The molecule has 1 aromatic rings. The molecule has 0 aliphatic heterocycles. The topological polar surface area (TPSA) is 54.4 Å².